The molecule has 0 radical (unpaired) electrons. The van der Waals surface area contributed by atoms with Gasteiger partial charge in [0.25, 0.3) is 17.6 Å². The molecule has 58 heavy (non-hydrogen) atoms. The lowest BCUT2D eigenvalue weighted by molar-refractivity contribution is -0.160. The summed E-state index contributed by atoms with van der Waals surface area (Å²) in [6.07, 6.45) is 5.34. The number of phenolic OH excluding ortho intramolecular Hbond substituents is 2. The van der Waals surface area contributed by atoms with Crippen LogP contribution >= 0.6 is 0 Å². The lowest BCUT2D eigenvalue weighted by Gasteiger charge is -2.38. The van der Waals surface area contributed by atoms with Gasteiger partial charge in [0.15, 0.2) is 12.4 Å². The zero-order chi connectivity index (χ0) is 42.8. The van der Waals surface area contributed by atoms with E-state index in [0.29, 0.717) is 13.1 Å². The maximum absolute atomic E-state index is 14.5. The molecule has 0 aromatic heterocycles. The smallest absolute Gasteiger partial charge is 0.312 e. The summed E-state index contributed by atoms with van der Waals surface area (Å²) >= 11 is 0. The van der Waals surface area contributed by atoms with Gasteiger partial charge in [0.05, 0.1) is 41.2 Å². The average molecular weight is 809 g/mol. The molecule has 0 spiro atoms. The quantitative estimate of drug-likeness (QED) is 0.198. The van der Waals surface area contributed by atoms with Crippen LogP contribution in [-0.2, 0) is 28.6 Å². The number of ether oxygens (including phenoxy) is 5. The van der Waals surface area contributed by atoms with E-state index < -0.39 is 89.6 Å². The van der Waals surface area contributed by atoms with Crippen molar-refractivity contribution in [1.29, 1.82) is 0 Å². The SMILES string of the molecule is COC1/C=C/OC2(C)Oc3c(C)c(O)c4c(O)c(cc(OCC(=O)N5CCCC5)c4c3C2=O)NC(=O)/C(C)=C\C=C\C(C)C(O)C(C)C(O)C(C)C(OC(C)=O)C1C. The first kappa shape index (κ1) is 44.0. The molecule has 2 aromatic rings. The van der Waals surface area contributed by atoms with Crippen molar-refractivity contribution < 1.29 is 63.3 Å². The maximum atomic E-state index is 14.5. The van der Waals surface area contributed by atoms with Crippen LogP contribution in [0.4, 0.5) is 5.69 Å². The van der Waals surface area contributed by atoms with Crippen molar-refractivity contribution in [1.82, 2.24) is 4.90 Å². The van der Waals surface area contributed by atoms with E-state index in [1.54, 1.807) is 44.7 Å². The summed E-state index contributed by atoms with van der Waals surface area (Å²) < 4.78 is 29.7. The van der Waals surface area contributed by atoms with Crippen LogP contribution in [0.2, 0.25) is 0 Å². The first-order valence-electron chi connectivity index (χ1n) is 19.6. The van der Waals surface area contributed by atoms with E-state index in [4.69, 9.17) is 23.7 Å². The van der Waals surface area contributed by atoms with Crippen molar-refractivity contribution in [2.45, 2.75) is 98.4 Å². The largest absolute Gasteiger partial charge is 0.507 e. The molecule has 5 N–H and O–H groups in total. The van der Waals surface area contributed by atoms with Crippen LogP contribution in [0, 0.1) is 30.6 Å². The number of amides is 2. The van der Waals surface area contributed by atoms with Crippen LogP contribution in [0.5, 0.6) is 23.0 Å². The van der Waals surface area contributed by atoms with E-state index in [9.17, 15) is 39.6 Å². The Labute approximate surface area is 338 Å². The fourth-order valence-corrected chi connectivity index (χ4v) is 7.95. The van der Waals surface area contributed by atoms with Crippen LogP contribution < -0.4 is 14.8 Å². The number of aromatic hydroxyl groups is 2. The van der Waals surface area contributed by atoms with Gasteiger partial charge in [-0.15, -0.1) is 0 Å². The van der Waals surface area contributed by atoms with Gasteiger partial charge >= 0.3 is 11.8 Å². The number of nitrogens with one attached hydrogen (secondary N) is 1. The Kier molecular flexibility index (Phi) is 13.5. The summed E-state index contributed by atoms with van der Waals surface area (Å²) in [6, 6.07) is 1.28. The zero-order valence-corrected chi connectivity index (χ0v) is 34.5. The number of benzene rings is 2. The molecule has 1 fully saturated rings. The topological polar surface area (TPSA) is 211 Å². The summed E-state index contributed by atoms with van der Waals surface area (Å²) in [4.78, 5) is 55.1. The summed E-state index contributed by atoms with van der Waals surface area (Å²) in [5.41, 5.74) is 0.0313. The number of aliphatic hydroxyl groups excluding tert-OH is 2. The highest BCUT2D eigenvalue weighted by molar-refractivity contribution is 6.21. The number of carbonyl (C=O) groups excluding carboxylic acids is 4. The number of rotatable bonds is 5. The molecule has 6 rings (SSSR count). The predicted octanol–water partition coefficient (Wildman–Crippen LogP) is 5.05. The summed E-state index contributed by atoms with van der Waals surface area (Å²) in [7, 11) is 1.44. The molecule has 2 aromatic carbocycles. The first-order chi connectivity index (χ1) is 27.3. The number of nitrogens with zero attached hydrogens (tertiary/aromatic N) is 1. The lowest BCUT2D eigenvalue weighted by atomic mass is 9.78. The molecule has 4 aliphatic heterocycles. The van der Waals surface area contributed by atoms with Gasteiger partial charge in [-0.1, -0.05) is 45.9 Å². The second-order valence-electron chi connectivity index (χ2n) is 15.8. The number of allylic oxidation sites excluding steroid dienone is 2. The number of fused-ring (bicyclic) bond motifs is 14. The van der Waals surface area contributed by atoms with Gasteiger partial charge in [0.2, 0.25) is 0 Å². The third kappa shape index (κ3) is 8.66. The van der Waals surface area contributed by atoms with Gasteiger partial charge in [0.1, 0.15) is 23.4 Å². The summed E-state index contributed by atoms with van der Waals surface area (Å²) in [5, 5.41) is 48.4. The van der Waals surface area contributed by atoms with Crippen molar-refractivity contribution >= 4 is 40.0 Å². The summed E-state index contributed by atoms with van der Waals surface area (Å²) in [6.45, 7) is 13.3. The Bertz CT molecular complexity index is 2020. The Hall–Kier alpha value is -5.12. The normalized spacial score (nSPS) is 31.6. The number of anilines is 1. The number of likely N-dealkylation sites (tertiary alicyclic amines) is 1. The zero-order valence-electron chi connectivity index (χ0n) is 34.5. The summed E-state index contributed by atoms with van der Waals surface area (Å²) in [5.74, 6) is -7.86. The minimum absolute atomic E-state index is 0.0474. The number of Topliss-reactive ketones (excluding diaryl/α,β-unsaturated/α-hetero) is 1. The molecular weight excluding hydrogens is 752 g/mol. The standard InChI is InChI=1S/C43H56N2O13/c1-21-13-12-14-22(2)42(53)44-28-19-30(55-20-31(47)45-16-10-11-17-45)32-33(38(28)51)37(50)26(6)40-34(32)41(52)43(8,58-40)56-18-15-29(54-9)23(3)39(57-27(7)46)25(5)36(49)24(4)35(21)48/h12-15,18-19,21,23-25,29,35-36,39,48-51H,10-11,16-17,20H2,1-9H3,(H,44,53)/b13-12+,18-15+,22-14-. The van der Waals surface area contributed by atoms with Crippen LogP contribution in [0.25, 0.3) is 10.8 Å². The van der Waals surface area contributed by atoms with Crippen LogP contribution in [0.3, 0.4) is 0 Å². The van der Waals surface area contributed by atoms with Gasteiger partial charge in [-0.05, 0) is 32.8 Å². The van der Waals surface area contributed by atoms with Crippen LogP contribution in [0.1, 0.15) is 77.2 Å². The molecule has 5 bridgehead atoms. The highest BCUT2D eigenvalue weighted by Gasteiger charge is 2.50. The monoisotopic (exact) mass is 808 g/mol. The van der Waals surface area contributed by atoms with Gasteiger partial charge in [-0.3, -0.25) is 19.2 Å². The minimum atomic E-state index is -2.01. The van der Waals surface area contributed by atoms with Crippen molar-refractivity contribution in [2.75, 3.05) is 32.1 Å². The molecule has 4 aliphatic rings. The number of phenols is 2. The van der Waals surface area contributed by atoms with E-state index in [0.717, 1.165) is 12.8 Å². The van der Waals surface area contributed by atoms with Gasteiger partial charge in [0, 0.05) is 80.3 Å². The Morgan fingerprint density at radius 3 is 2.28 bits per heavy atom. The molecule has 9 unspecified atom stereocenters. The van der Waals surface area contributed by atoms with Crippen molar-refractivity contribution in [3.05, 3.63) is 53.3 Å². The van der Waals surface area contributed by atoms with Gasteiger partial charge in [-0.25, -0.2) is 0 Å². The van der Waals surface area contributed by atoms with E-state index in [-0.39, 0.29) is 50.6 Å². The van der Waals surface area contributed by atoms with E-state index in [1.807, 2.05) is 0 Å². The number of aliphatic hydroxyl groups is 2. The second-order valence-corrected chi connectivity index (χ2v) is 15.8. The third-order valence-electron chi connectivity index (χ3n) is 11.6. The van der Waals surface area contributed by atoms with Gasteiger partial charge in [-0.2, -0.15) is 0 Å². The average Bonchev–Trinajstić information content (AvgIpc) is 3.82. The third-order valence-corrected chi connectivity index (χ3v) is 11.6. The molecule has 2 amide bonds. The lowest BCUT2D eigenvalue weighted by Crippen LogP contribution is -2.46. The Morgan fingerprint density at radius 2 is 1.64 bits per heavy atom. The number of carbonyl (C=O) groups is 4. The van der Waals surface area contributed by atoms with Gasteiger partial charge < -0.3 is 54.3 Å². The molecule has 4 heterocycles. The minimum Gasteiger partial charge on any atom is -0.507 e. The Balaban J connectivity index is 1.66. The maximum Gasteiger partial charge on any atom is 0.312 e. The molecule has 0 aliphatic carbocycles. The molecule has 9 atom stereocenters. The number of hydrogen-bond acceptors (Lipinski definition) is 13. The molecule has 0 saturated carbocycles. The second kappa shape index (κ2) is 17.8. The van der Waals surface area contributed by atoms with E-state index in [1.165, 1.54) is 59.3 Å². The molecule has 316 valence electrons. The number of esters is 1. The van der Waals surface area contributed by atoms with E-state index in [2.05, 4.69) is 5.32 Å². The predicted molar refractivity (Wildman–Crippen MR) is 213 cm³/mol. The highest BCUT2D eigenvalue weighted by Crippen LogP contribution is 2.54. The highest BCUT2D eigenvalue weighted by atomic mass is 16.7. The Morgan fingerprint density at radius 1 is 0.966 bits per heavy atom. The molecular formula is C43H56N2O13. The molecule has 15 heteroatoms. The van der Waals surface area contributed by atoms with E-state index >= 15 is 0 Å². The number of methoxy groups -OCH3 is 1. The van der Waals surface area contributed by atoms with Crippen molar-refractivity contribution in [3.8, 4) is 23.0 Å². The van der Waals surface area contributed by atoms with Crippen LogP contribution in [0.15, 0.2) is 42.2 Å². The molecule has 1 saturated heterocycles. The first-order valence-corrected chi connectivity index (χ1v) is 19.6. The number of ketones is 1. The van der Waals surface area contributed by atoms with Crippen molar-refractivity contribution in [2.24, 2.45) is 23.7 Å². The molecule has 15 nitrogen and oxygen atoms in total. The van der Waals surface area contributed by atoms with Crippen LogP contribution in [-0.4, -0.2) is 106 Å². The fourth-order valence-electron chi connectivity index (χ4n) is 7.95. The number of hydrogen-bond donors (Lipinski definition) is 5. The van der Waals surface area contributed by atoms with Crippen molar-refractivity contribution in [3.63, 3.8) is 0 Å². The fraction of sp³-hybridized carbons (Fsp3) is 0.535.